The number of likely N-dealkylation sites (tertiary alicyclic amines) is 2. The molecule has 0 N–H and O–H groups in total. The van der Waals surface area contributed by atoms with Gasteiger partial charge in [0.2, 0.25) is 5.91 Å². The molecule has 0 unspecified atom stereocenters. The summed E-state index contributed by atoms with van der Waals surface area (Å²) in [5, 5.41) is 2.46. The van der Waals surface area contributed by atoms with E-state index in [4.69, 9.17) is 4.74 Å². The lowest BCUT2D eigenvalue weighted by Crippen LogP contribution is -2.33. The Bertz CT molecular complexity index is 1190. The quantitative estimate of drug-likeness (QED) is 0.500. The standard InChI is InChI=1S/C29H33N3O3/c33-28-11-5-15-31(28)18-19-35-27-10-2-1-9-25(27)29(34)32-16-4-6-22(13-17-32)20-24-8-3-7-23-12-14-30-21-26(23)24/h1-3,7-10,12,14,21-22H,4-6,11,13,15-20H2/t22-/m1/s1. The zero-order valence-electron chi connectivity index (χ0n) is 20.2. The van der Waals surface area contributed by atoms with E-state index in [2.05, 4.69) is 29.2 Å². The third kappa shape index (κ3) is 5.47. The van der Waals surface area contributed by atoms with Crippen molar-refractivity contribution in [3.63, 3.8) is 0 Å². The Hall–Kier alpha value is -3.41. The van der Waals surface area contributed by atoms with Gasteiger partial charge in [0.25, 0.3) is 5.91 Å². The zero-order valence-corrected chi connectivity index (χ0v) is 20.2. The Morgan fingerprint density at radius 2 is 1.91 bits per heavy atom. The maximum Gasteiger partial charge on any atom is 0.257 e. The van der Waals surface area contributed by atoms with E-state index < -0.39 is 0 Å². The zero-order chi connectivity index (χ0) is 24.0. The number of ether oxygens (including phenoxy) is 1. The lowest BCUT2D eigenvalue weighted by Gasteiger charge is -2.23. The van der Waals surface area contributed by atoms with Gasteiger partial charge in [-0.3, -0.25) is 14.6 Å². The van der Waals surface area contributed by atoms with Crippen molar-refractivity contribution < 1.29 is 14.3 Å². The van der Waals surface area contributed by atoms with Gasteiger partial charge < -0.3 is 14.5 Å². The second kappa shape index (κ2) is 10.9. The van der Waals surface area contributed by atoms with Crippen LogP contribution in [0, 0.1) is 5.92 Å². The molecule has 2 saturated heterocycles. The van der Waals surface area contributed by atoms with E-state index in [9.17, 15) is 9.59 Å². The van der Waals surface area contributed by atoms with Crippen molar-refractivity contribution in [3.05, 3.63) is 72.1 Å². The number of aromatic nitrogens is 1. The molecule has 0 spiro atoms. The molecule has 0 radical (unpaired) electrons. The largest absolute Gasteiger partial charge is 0.491 e. The first-order valence-corrected chi connectivity index (χ1v) is 12.8. The first-order chi connectivity index (χ1) is 17.2. The van der Waals surface area contributed by atoms with Gasteiger partial charge in [-0.2, -0.15) is 0 Å². The van der Waals surface area contributed by atoms with Crippen LogP contribution in [0.5, 0.6) is 5.75 Å². The fraction of sp³-hybridized carbons (Fsp3) is 0.414. The van der Waals surface area contributed by atoms with E-state index in [-0.39, 0.29) is 11.8 Å². The SMILES string of the molecule is O=C1CCCN1CCOc1ccccc1C(=O)N1CCC[C@@H](Cc2cccc3ccncc23)CC1. The number of amides is 2. The second-order valence-electron chi connectivity index (χ2n) is 9.64. The van der Waals surface area contributed by atoms with Crippen molar-refractivity contribution in [2.45, 2.75) is 38.5 Å². The fourth-order valence-corrected chi connectivity index (χ4v) is 5.38. The van der Waals surface area contributed by atoms with Gasteiger partial charge >= 0.3 is 0 Å². The predicted octanol–water partition coefficient (Wildman–Crippen LogP) is 4.72. The van der Waals surface area contributed by atoms with Crippen molar-refractivity contribution in [3.8, 4) is 5.75 Å². The highest BCUT2D eigenvalue weighted by atomic mass is 16.5. The normalized spacial score (nSPS) is 18.6. The number of fused-ring (bicyclic) bond motifs is 1. The number of rotatable bonds is 7. The maximum atomic E-state index is 13.5. The molecule has 0 saturated carbocycles. The Morgan fingerprint density at radius 3 is 2.80 bits per heavy atom. The molecule has 182 valence electrons. The smallest absolute Gasteiger partial charge is 0.257 e. The van der Waals surface area contributed by atoms with Crippen molar-refractivity contribution in [2.24, 2.45) is 5.92 Å². The molecule has 2 aliphatic heterocycles. The summed E-state index contributed by atoms with van der Waals surface area (Å²) in [6.45, 7) is 3.29. The number of carbonyl (C=O) groups excluding carboxylic acids is 2. The average molecular weight is 472 g/mol. The van der Waals surface area contributed by atoms with Gasteiger partial charge in [-0.05, 0) is 67.2 Å². The Morgan fingerprint density at radius 1 is 1.00 bits per heavy atom. The van der Waals surface area contributed by atoms with Crippen LogP contribution in [0.1, 0.15) is 48.0 Å². The Labute approximate surface area is 206 Å². The molecule has 2 fully saturated rings. The van der Waals surface area contributed by atoms with E-state index in [1.807, 2.05) is 46.5 Å². The molecule has 6 heteroatoms. The molecule has 2 aliphatic rings. The van der Waals surface area contributed by atoms with E-state index in [0.717, 1.165) is 51.7 Å². The molecule has 2 aromatic carbocycles. The molecule has 6 nitrogen and oxygen atoms in total. The van der Waals surface area contributed by atoms with Crippen LogP contribution < -0.4 is 4.74 Å². The summed E-state index contributed by atoms with van der Waals surface area (Å²) in [5.74, 6) is 1.38. The van der Waals surface area contributed by atoms with E-state index in [1.54, 1.807) is 0 Å². The van der Waals surface area contributed by atoms with Gasteiger partial charge in [0.05, 0.1) is 12.1 Å². The van der Waals surface area contributed by atoms with Gasteiger partial charge in [-0.15, -0.1) is 0 Å². The lowest BCUT2D eigenvalue weighted by atomic mass is 9.91. The average Bonchev–Trinajstić information content (AvgIpc) is 3.15. The number of hydrogen-bond acceptors (Lipinski definition) is 4. The molecule has 1 aromatic heterocycles. The number of hydrogen-bond donors (Lipinski definition) is 0. The Balaban J connectivity index is 1.20. The highest BCUT2D eigenvalue weighted by Gasteiger charge is 2.25. The predicted molar refractivity (Wildman–Crippen MR) is 136 cm³/mol. The number of carbonyl (C=O) groups is 2. The minimum Gasteiger partial charge on any atom is -0.491 e. The van der Waals surface area contributed by atoms with Crippen LogP contribution in [0.2, 0.25) is 0 Å². The first kappa shape index (κ1) is 23.3. The van der Waals surface area contributed by atoms with Crippen LogP contribution in [0.4, 0.5) is 0 Å². The number of benzene rings is 2. The van der Waals surface area contributed by atoms with E-state index in [0.29, 0.717) is 36.8 Å². The molecule has 3 heterocycles. The third-order valence-corrected chi connectivity index (χ3v) is 7.33. The van der Waals surface area contributed by atoms with Crippen molar-refractivity contribution in [2.75, 3.05) is 32.8 Å². The Kier molecular flexibility index (Phi) is 7.26. The minimum absolute atomic E-state index is 0.0351. The molecule has 35 heavy (non-hydrogen) atoms. The van der Waals surface area contributed by atoms with Gasteiger partial charge in [-0.1, -0.05) is 30.3 Å². The van der Waals surface area contributed by atoms with E-state index in [1.165, 1.54) is 16.3 Å². The summed E-state index contributed by atoms with van der Waals surface area (Å²) in [5.41, 5.74) is 1.95. The maximum absolute atomic E-state index is 13.5. The summed E-state index contributed by atoms with van der Waals surface area (Å²) in [6, 6.07) is 16.0. The molecule has 2 amide bonds. The van der Waals surface area contributed by atoms with Crippen molar-refractivity contribution in [1.29, 1.82) is 0 Å². The minimum atomic E-state index is 0.0351. The molecule has 3 aromatic rings. The summed E-state index contributed by atoms with van der Waals surface area (Å²) in [6.07, 6.45) is 9.47. The summed E-state index contributed by atoms with van der Waals surface area (Å²) < 4.78 is 5.98. The third-order valence-electron chi connectivity index (χ3n) is 7.33. The van der Waals surface area contributed by atoms with Gasteiger partial charge in [0.1, 0.15) is 12.4 Å². The van der Waals surface area contributed by atoms with Gasteiger partial charge in [0.15, 0.2) is 0 Å². The van der Waals surface area contributed by atoms with Crippen LogP contribution in [-0.4, -0.2) is 59.4 Å². The molecular formula is C29H33N3O3. The second-order valence-corrected chi connectivity index (χ2v) is 9.64. The topological polar surface area (TPSA) is 62.7 Å². The lowest BCUT2D eigenvalue weighted by molar-refractivity contribution is -0.128. The summed E-state index contributed by atoms with van der Waals surface area (Å²) in [7, 11) is 0. The first-order valence-electron chi connectivity index (χ1n) is 12.8. The summed E-state index contributed by atoms with van der Waals surface area (Å²) in [4.78, 5) is 33.4. The molecule has 1 atom stereocenters. The van der Waals surface area contributed by atoms with Crippen molar-refractivity contribution in [1.82, 2.24) is 14.8 Å². The van der Waals surface area contributed by atoms with E-state index >= 15 is 0 Å². The molecule has 0 aliphatic carbocycles. The molecule has 0 bridgehead atoms. The van der Waals surface area contributed by atoms with Crippen LogP contribution >= 0.6 is 0 Å². The fourth-order valence-electron chi connectivity index (χ4n) is 5.38. The van der Waals surface area contributed by atoms with Crippen molar-refractivity contribution >= 4 is 22.6 Å². The highest BCUT2D eigenvalue weighted by Crippen LogP contribution is 2.28. The number of nitrogens with zero attached hydrogens (tertiary/aromatic N) is 3. The van der Waals surface area contributed by atoms with Crippen LogP contribution in [0.15, 0.2) is 60.9 Å². The number of pyridine rings is 1. The van der Waals surface area contributed by atoms with Crippen LogP contribution in [0.3, 0.4) is 0 Å². The molecular weight excluding hydrogens is 438 g/mol. The summed E-state index contributed by atoms with van der Waals surface area (Å²) >= 11 is 0. The van der Waals surface area contributed by atoms with Crippen LogP contribution in [0.25, 0.3) is 10.8 Å². The van der Waals surface area contributed by atoms with Gasteiger partial charge in [0, 0.05) is 43.8 Å². The molecule has 5 rings (SSSR count). The van der Waals surface area contributed by atoms with Crippen LogP contribution in [-0.2, 0) is 11.2 Å². The highest BCUT2D eigenvalue weighted by molar-refractivity contribution is 5.97. The van der Waals surface area contributed by atoms with Gasteiger partial charge in [-0.25, -0.2) is 0 Å². The number of para-hydroxylation sites is 1. The monoisotopic (exact) mass is 471 g/mol.